The van der Waals surface area contributed by atoms with E-state index >= 15 is 0 Å². The minimum Gasteiger partial charge on any atom is -0.444 e. The topological polar surface area (TPSA) is 67.9 Å². The number of hydrogen-bond donors (Lipinski definition) is 1. The molecular formula is C16H28N2O4. The predicted octanol–water partition coefficient (Wildman–Crippen LogP) is 2.62. The Morgan fingerprint density at radius 2 is 1.86 bits per heavy atom. The molecule has 0 aromatic carbocycles. The van der Waals surface area contributed by atoms with E-state index in [1.807, 2.05) is 20.8 Å². The van der Waals surface area contributed by atoms with Crippen LogP contribution >= 0.6 is 0 Å². The van der Waals surface area contributed by atoms with Crippen molar-refractivity contribution < 1.29 is 19.2 Å². The second-order valence-electron chi connectivity index (χ2n) is 7.12. The van der Waals surface area contributed by atoms with Gasteiger partial charge in [-0.05, 0) is 40.0 Å². The van der Waals surface area contributed by atoms with Crippen LogP contribution in [0.4, 0.5) is 4.79 Å². The molecule has 6 heteroatoms. The Kier molecular flexibility index (Phi) is 5.67. The number of hydrogen-bond acceptors (Lipinski definition) is 4. The van der Waals surface area contributed by atoms with Crippen LogP contribution in [0.1, 0.15) is 59.3 Å². The zero-order chi connectivity index (χ0) is 16.2. The molecule has 2 atom stereocenters. The zero-order valence-electron chi connectivity index (χ0n) is 13.9. The Labute approximate surface area is 132 Å². The van der Waals surface area contributed by atoms with Gasteiger partial charge in [0.1, 0.15) is 5.60 Å². The van der Waals surface area contributed by atoms with E-state index in [1.54, 1.807) is 0 Å². The molecule has 1 heterocycles. The number of ether oxygens (including phenoxy) is 1. The van der Waals surface area contributed by atoms with Crippen molar-refractivity contribution in [3.8, 4) is 0 Å². The maximum atomic E-state index is 12.6. The Hall–Kier alpha value is -1.30. The molecule has 0 radical (unpaired) electrons. The average Bonchev–Trinajstić information content (AvgIpc) is 2.84. The maximum Gasteiger partial charge on any atom is 0.407 e. The summed E-state index contributed by atoms with van der Waals surface area (Å²) in [5.74, 6) is -0.214. The summed E-state index contributed by atoms with van der Waals surface area (Å²) in [5, 5.41) is 4.38. The standard InChI is InChI=1S/C16H28N2O4/c1-16(2,3)22-15(20)17-13-9-6-4-5-8-12(13)14(19)18-10-7-11-21-18/h12-13H,4-11H2,1-3H3,(H,17,20)/t12-,13+/m1/s1. The van der Waals surface area contributed by atoms with Gasteiger partial charge in [-0.3, -0.25) is 9.63 Å². The molecule has 1 N–H and O–H groups in total. The molecule has 6 nitrogen and oxygen atoms in total. The van der Waals surface area contributed by atoms with Crippen molar-refractivity contribution in [2.45, 2.75) is 70.9 Å². The van der Waals surface area contributed by atoms with E-state index in [9.17, 15) is 9.59 Å². The minimum absolute atomic E-state index is 0.000425. The lowest BCUT2D eigenvalue weighted by Crippen LogP contribution is -2.48. The number of nitrogens with zero attached hydrogens (tertiary/aromatic N) is 1. The van der Waals surface area contributed by atoms with Gasteiger partial charge in [0.15, 0.2) is 0 Å². The molecule has 0 unspecified atom stereocenters. The van der Waals surface area contributed by atoms with Gasteiger partial charge in [-0.25, -0.2) is 9.86 Å². The van der Waals surface area contributed by atoms with Crippen LogP contribution in [0.2, 0.25) is 0 Å². The minimum atomic E-state index is -0.535. The first-order valence-electron chi connectivity index (χ1n) is 8.30. The van der Waals surface area contributed by atoms with Gasteiger partial charge in [-0.15, -0.1) is 0 Å². The number of carbonyl (C=O) groups is 2. The largest absolute Gasteiger partial charge is 0.444 e. The molecule has 1 saturated carbocycles. The quantitative estimate of drug-likeness (QED) is 0.796. The normalized spacial score (nSPS) is 26.4. The second kappa shape index (κ2) is 7.31. The highest BCUT2D eigenvalue weighted by Crippen LogP contribution is 2.27. The molecule has 1 saturated heterocycles. The predicted molar refractivity (Wildman–Crippen MR) is 82.0 cm³/mol. The van der Waals surface area contributed by atoms with E-state index in [1.165, 1.54) is 5.06 Å². The smallest absolute Gasteiger partial charge is 0.407 e. The van der Waals surface area contributed by atoms with Crippen LogP contribution < -0.4 is 5.32 Å². The summed E-state index contributed by atoms with van der Waals surface area (Å²) in [6.07, 6.45) is 5.16. The molecule has 2 rings (SSSR count). The van der Waals surface area contributed by atoms with Gasteiger partial charge < -0.3 is 10.1 Å². The molecule has 1 aliphatic heterocycles. The first-order valence-corrected chi connectivity index (χ1v) is 8.30. The van der Waals surface area contributed by atoms with E-state index in [-0.39, 0.29) is 17.9 Å². The van der Waals surface area contributed by atoms with E-state index in [0.717, 1.165) is 38.5 Å². The number of rotatable bonds is 2. The molecule has 0 aromatic rings. The molecule has 2 aliphatic rings. The zero-order valence-corrected chi connectivity index (χ0v) is 13.9. The summed E-state index contributed by atoms with van der Waals surface area (Å²) < 4.78 is 5.33. The fourth-order valence-electron chi connectivity index (χ4n) is 3.04. The van der Waals surface area contributed by atoms with Crippen molar-refractivity contribution in [1.29, 1.82) is 0 Å². The summed E-state index contributed by atoms with van der Waals surface area (Å²) in [7, 11) is 0. The highest BCUT2D eigenvalue weighted by Gasteiger charge is 2.36. The van der Waals surface area contributed by atoms with Crippen LogP contribution in [0.3, 0.4) is 0 Å². The second-order valence-corrected chi connectivity index (χ2v) is 7.12. The molecule has 22 heavy (non-hydrogen) atoms. The van der Waals surface area contributed by atoms with Crippen molar-refractivity contribution in [2.24, 2.45) is 5.92 Å². The lowest BCUT2D eigenvalue weighted by Gasteiger charge is -2.29. The third-order valence-corrected chi connectivity index (χ3v) is 4.03. The van der Waals surface area contributed by atoms with Gasteiger partial charge in [0, 0.05) is 6.04 Å². The van der Waals surface area contributed by atoms with Crippen molar-refractivity contribution in [3.63, 3.8) is 0 Å². The summed E-state index contributed by atoms with van der Waals surface area (Å²) in [6, 6.07) is -0.172. The Balaban J connectivity index is 2.00. The highest BCUT2D eigenvalue weighted by atomic mass is 16.7. The van der Waals surface area contributed by atoms with E-state index in [2.05, 4.69) is 5.32 Å². The molecule has 2 fully saturated rings. The number of alkyl carbamates (subject to hydrolysis) is 1. The summed E-state index contributed by atoms with van der Waals surface area (Å²) in [5.41, 5.74) is -0.535. The fourth-order valence-corrected chi connectivity index (χ4v) is 3.04. The van der Waals surface area contributed by atoms with E-state index in [0.29, 0.717) is 13.2 Å². The van der Waals surface area contributed by atoms with Crippen LogP contribution in [0.15, 0.2) is 0 Å². The van der Waals surface area contributed by atoms with Gasteiger partial charge in [0.2, 0.25) is 0 Å². The third kappa shape index (κ3) is 4.87. The molecule has 2 amide bonds. The third-order valence-electron chi connectivity index (χ3n) is 4.03. The summed E-state index contributed by atoms with van der Waals surface area (Å²) >= 11 is 0. The Morgan fingerprint density at radius 1 is 1.14 bits per heavy atom. The average molecular weight is 312 g/mol. The first kappa shape index (κ1) is 17.1. The monoisotopic (exact) mass is 312 g/mol. The lowest BCUT2D eigenvalue weighted by atomic mass is 9.93. The van der Waals surface area contributed by atoms with E-state index < -0.39 is 11.7 Å². The number of hydroxylamine groups is 2. The number of amides is 2. The molecule has 0 aromatic heterocycles. The lowest BCUT2D eigenvalue weighted by molar-refractivity contribution is -0.174. The molecule has 0 bridgehead atoms. The van der Waals surface area contributed by atoms with Gasteiger partial charge in [-0.1, -0.05) is 19.3 Å². The van der Waals surface area contributed by atoms with Crippen molar-refractivity contribution in [3.05, 3.63) is 0 Å². The van der Waals surface area contributed by atoms with Gasteiger partial charge >= 0.3 is 6.09 Å². The molecule has 126 valence electrons. The van der Waals surface area contributed by atoms with Gasteiger partial charge in [-0.2, -0.15) is 0 Å². The van der Waals surface area contributed by atoms with Gasteiger partial charge in [0.25, 0.3) is 5.91 Å². The van der Waals surface area contributed by atoms with Crippen molar-refractivity contribution in [2.75, 3.05) is 13.2 Å². The number of nitrogens with one attached hydrogen (secondary N) is 1. The number of carbonyl (C=O) groups excluding carboxylic acids is 2. The van der Waals surface area contributed by atoms with E-state index in [4.69, 9.17) is 9.57 Å². The highest BCUT2D eigenvalue weighted by molar-refractivity contribution is 5.80. The first-order chi connectivity index (χ1) is 10.4. The SMILES string of the molecule is CC(C)(C)OC(=O)N[C@H]1CCCCC[C@H]1C(=O)N1CCCO1. The summed E-state index contributed by atoms with van der Waals surface area (Å²) in [4.78, 5) is 30.1. The maximum absolute atomic E-state index is 12.6. The van der Waals surface area contributed by atoms with Crippen LogP contribution in [-0.4, -0.2) is 41.9 Å². The van der Waals surface area contributed by atoms with Crippen LogP contribution in [0.25, 0.3) is 0 Å². The van der Waals surface area contributed by atoms with Crippen molar-refractivity contribution >= 4 is 12.0 Å². The van der Waals surface area contributed by atoms with Crippen molar-refractivity contribution in [1.82, 2.24) is 10.4 Å². The fraction of sp³-hybridized carbons (Fsp3) is 0.875. The molecule has 0 spiro atoms. The van der Waals surface area contributed by atoms with Gasteiger partial charge in [0.05, 0.1) is 19.1 Å². The van der Waals surface area contributed by atoms with Crippen LogP contribution in [-0.2, 0) is 14.4 Å². The summed E-state index contributed by atoms with van der Waals surface area (Å²) in [6.45, 7) is 6.75. The Morgan fingerprint density at radius 3 is 2.50 bits per heavy atom. The Bertz CT molecular complexity index is 399. The van der Waals surface area contributed by atoms with Crippen LogP contribution in [0, 0.1) is 5.92 Å². The molecular weight excluding hydrogens is 284 g/mol. The van der Waals surface area contributed by atoms with Crippen LogP contribution in [0.5, 0.6) is 0 Å². The molecule has 1 aliphatic carbocycles.